The second-order valence-corrected chi connectivity index (χ2v) is 7.80. The van der Waals surface area contributed by atoms with E-state index in [-0.39, 0.29) is 21.6 Å². The summed E-state index contributed by atoms with van der Waals surface area (Å²) in [5.41, 5.74) is 6.06. The maximum Gasteiger partial charge on any atom is 0.433 e. The van der Waals surface area contributed by atoms with Crippen LogP contribution >= 0.6 is 11.8 Å². The van der Waals surface area contributed by atoms with Crippen molar-refractivity contribution in [3.8, 4) is 5.75 Å². The Morgan fingerprint density at radius 2 is 2.00 bits per heavy atom. The van der Waals surface area contributed by atoms with E-state index in [0.717, 1.165) is 34.8 Å². The van der Waals surface area contributed by atoms with Crippen LogP contribution in [0.25, 0.3) is 0 Å². The number of ether oxygens (including phenoxy) is 1. The number of thioether (sulfide) groups is 1. The fourth-order valence-corrected chi connectivity index (χ4v) is 3.40. The monoisotopic (exact) mass is 370 g/mol. The molecule has 0 saturated carbocycles. The molecule has 0 fully saturated rings. The molecule has 3 rings (SSSR count). The number of alkyl halides is 3. The van der Waals surface area contributed by atoms with Crippen molar-refractivity contribution in [2.24, 2.45) is 0 Å². The van der Waals surface area contributed by atoms with E-state index >= 15 is 0 Å². The van der Waals surface area contributed by atoms with Gasteiger partial charge in [0.1, 0.15) is 11.6 Å². The summed E-state index contributed by atoms with van der Waals surface area (Å²) in [6, 6.07) is 2.65. The zero-order valence-electron chi connectivity index (χ0n) is 13.9. The molecule has 134 valence electrons. The van der Waals surface area contributed by atoms with Crippen molar-refractivity contribution in [2.45, 2.75) is 42.8 Å². The van der Waals surface area contributed by atoms with Crippen LogP contribution in [-0.4, -0.2) is 21.6 Å². The lowest BCUT2D eigenvalue weighted by Gasteiger charge is -2.17. The predicted molar refractivity (Wildman–Crippen MR) is 88.5 cm³/mol. The normalized spacial score (nSPS) is 17.0. The second kappa shape index (κ2) is 6.05. The van der Waals surface area contributed by atoms with Gasteiger partial charge in [-0.3, -0.25) is 4.98 Å². The first-order chi connectivity index (χ1) is 11.6. The zero-order chi connectivity index (χ0) is 18.4. The molecule has 0 aromatic carbocycles. The van der Waals surface area contributed by atoms with E-state index in [9.17, 15) is 13.2 Å². The maximum atomic E-state index is 12.9. The molecule has 9 heteroatoms. The van der Waals surface area contributed by atoms with E-state index in [2.05, 4.69) is 28.8 Å². The van der Waals surface area contributed by atoms with Crippen LogP contribution in [0, 0.1) is 0 Å². The van der Waals surface area contributed by atoms with E-state index in [0.29, 0.717) is 6.61 Å². The number of anilines is 1. The number of aromatic nitrogens is 3. The lowest BCUT2D eigenvalue weighted by Crippen LogP contribution is -2.18. The largest absolute Gasteiger partial charge is 0.491 e. The highest BCUT2D eigenvalue weighted by atomic mass is 32.2. The van der Waals surface area contributed by atoms with Crippen LogP contribution in [0.1, 0.15) is 43.0 Å². The Hall–Kier alpha value is -2.03. The van der Waals surface area contributed by atoms with Gasteiger partial charge in [0.05, 0.1) is 23.7 Å². The molecule has 1 atom stereocenters. The number of nitrogens with two attached hydrogens (primary N) is 1. The van der Waals surface area contributed by atoms with Gasteiger partial charge < -0.3 is 10.5 Å². The van der Waals surface area contributed by atoms with Gasteiger partial charge in [-0.05, 0) is 13.0 Å². The Kier molecular flexibility index (Phi) is 4.30. The highest BCUT2D eigenvalue weighted by molar-refractivity contribution is 7.99. The fraction of sp³-hybridized carbons (Fsp3) is 0.438. The van der Waals surface area contributed by atoms with Gasteiger partial charge in [0.25, 0.3) is 0 Å². The number of rotatable bonds is 3. The first-order valence-corrected chi connectivity index (χ1v) is 8.46. The molecule has 0 spiro atoms. The third-order valence-corrected chi connectivity index (χ3v) is 4.91. The Balaban J connectivity index is 1.86. The van der Waals surface area contributed by atoms with Crippen molar-refractivity contribution in [1.82, 2.24) is 15.0 Å². The van der Waals surface area contributed by atoms with Crippen molar-refractivity contribution in [3.05, 3.63) is 35.3 Å². The van der Waals surface area contributed by atoms with Crippen LogP contribution < -0.4 is 10.5 Å². The van der Waals surface area contributed by atoms with E-state index in [1.807, 2.05) is 13.0 Å². The average molecular weight is 370 g/mol. The van der Waals surface area contributed by atoms with Gasteiger partial charge in [0.15, 0.2) is 10.9 Å². The summed E-state index contributed by atoms with van der Waals surface area (Å²) in [6.07, 6.45) is -2.92. The van der Waals surface area contributed by atoms with Crippen LogP contribution in [-0.2, 0) is 11.6 Å². The summed E-state index contributed by atoms with van der Waals surface area (Å²) in [7, 11) is 0. The van der Waals surface area contributed by atoms with Crippen LogP contribution in [0.3, 0.4) is 0 Å². The molecule has 0 aliphatic carbocycles. The SMILES string of the molecule is CC(Sc1nc(N)cc(C(F)(F)F)n1)c1cc2c(cn1)OCC2(C)C. The van der Waals surface area contributed by atoms with Crippen LogP contribution in [0.5, 0.6) is 5.75 Å². The first kappa shape index (κ1) is 17.8. The minimum absolute atomic E-state index is 0.0300. The highest BCUT2D eigenvalue weighted by Gasteiger charge is 2.34. The number of hydrogen-bond donors (Lipinski definition) is 1. The smallest absolute Gasteiger partial charge is 0.433 e. The Labute approximate surface area is 147 Å². The van der Waals surface area contributed by atoms with Crippen LogP contribution in [0.15, 0.2) is 23.5 Å². The minimum atomic E-state index is -4.57. The summed E-state index contributed by atoms with van der Waals surface area (Å²) < 4.78 is 44.2. The van der Waals surface area contributed by atoms with Crippen LogP contribution in [0.4, 0.5) is 19.0 Å². The van der Waals surface area contributed by atoms with Gasteiger partial charge in [-0.25, -0.2) is 9.97 Å². The molecule has 0 radical (unpaired) electrons. The predicted octanol–water partition coefficient (Wildman–Crippen LogP) is 4.00. The molecule has 0 saturated heterocycles. The minimum Gasteiger partial charge on any atom is -0.491 e. The van der Waals surface area contributed by atoms with Crippen molar-refractivity contribution in [3.63, 3.8) is 0 Å². The van der Waals surface area contributed by atoms with Crippen molar-refractivity contribution in [2.75, 3.05) is 12.3 Å². The van der Waals surface area contributed by atoms with E-state index in [1.165, 1.54) is 0 Å². The molecule has 2 aromatic heterocycles. The summed E-state index contributed by atoms with van der Waals surface area (Å²) in [5.74, 6) is 0.527. The second-order valence-electron chi connectivity index (χ2n) is 6.50. The molecule has 0 bridgehead atoms. The van der Waals surface area contributed by atoms with Crippen molar-refractivity contribution in [1.29, 1.82) is 0 Å². The molecule has 1 aliphatic rings. The molecule has 1 unspecified atom stereocenters. The van der Waals surface area contributed by atoms with Crippen LogP contribution in [0.2, 0.25) is 0 Å². The summed E-state index contributed by atoms with van der Waals surface area (Å²) in [6.45, 7) is 6.54. The molecule has 1 aliphatic heterocycles. The molecule has 2 aromatic rings. The number of nitrogen functional groups attached to an aromatic ring is 1. The topological polar surface area (TPSA) is 73.9 Å². The third-order valence-electron chi connectivity index (χ3n) is 3.92. The molecule has 3 heterocycles. The average Bonchev–Trinajstić information content (AvgIpc) is 2.81. The van der Waals surface area contributed by atoms with Gasteiger partial charge >= 0.3 is 6.18 Å². The van der Waals surface area contributed by atoms with E-state index < -0.39 is 11.9 Å². The number of fused-ring (bicyclic) bond motifs is 1. The van der Waals surface area contributed by atoms with Gasteiger partial charge in [-0.2, -0.15) is 13.2 Å². The molecular weight excluding hydrogens is 353 g/mol. The summed E-state index contributed by atoms with van der Waals surface area (Å²) in [5, 5.41) is -0.276. The Bertz CT molecular complexity index is 810. The standard InChI is InChI=1S/C16H17F3N4OS/c1-8(10-4-9-11(6-21-10)24-7-15(9,2)3)25-14-22-12(16(17,18)19)5-13(20)23-14/h4-6,8H,7H2,1-3H3,(H2,20,22,23). The summed E-state index contributed by atoms with van der Waals surface area (Å²) in [4.78, 5) is 11.8. The Morgan fingerprint density at radius 3 is 2.68 bits per heavy atom. The van der Waals surface area contributed by atoms with E-state index in [1.54, 1.807) is 6.20 Å². The lowest BCUT2D eigenvalue weighted by atomic mass is 9.87. The number of hydrogen-bond acceptors (Lipinski definition) is 6. The molecule has 5 nitrogen and oxygen atoms in total. The van der Waals surface area contributed by atoms with Gasteiger partial charge in [-0.15, -0.1) is 0 Å². The molecule has 25 heavy (non-hydrogen) atoms. The van der Waals surface area contributed by atoms with Gasteiger partial charge in [0, 0.05) is 17.0 Å². The van der Waals surface area contributed by atoms with Gasteiger partial charge in [0.2, 0.25) is 0 Å². The van der Waals surface area contributed by atoms with Gasteiger partial charge in [-0.1, -0.05) is 25.6 Å². The van der Waals surface area contributed by atoms with E-state index in [4.69, 9.17) is 10.5 Å². The summed E-state index contributed by atoms with van der Waals surface area (Å²) >= 11 is 1.08. The number of halogens is 3. The van der Waals surface area contributed by atoms with Crippen molar-refractivity contribution < 1.29 is 17.9 Å². The molecule has 2 N–H and O–H groups in total. The highest BCUT2D eigenvalue weighted by Crippen LogP contribution is 2.41. The Morgan fingerprint density at radius 1 is 1.28 bits per heavy atom. The molecular formula is C16H17F3N4OS. The zero-order valence-corrected chi connectivity index (χ0v) is 14.7. The van der Waals surface area contributed by atoms with Crippen molar-refractivity contribution >= 4 is 17.6 Å². The fourth-order valence-electron chi connectivity index (χ4n) is 2.52. The number of pyridine rings is 1. The lowest BCUT2D eigenvalue weighted by molar-refractivity contribution is -0.141. The quantitative estimate of drug-likeness (QED) is 0.650. The molecule has 0 amide bonds. The number of nitrogens with zero attached hydrogens (tertiary/aromatic N) is 3. The maximum absolute atomic E-state index is 12.9. The first-order valence-electron chi connectivity index (χ1n) is 7.58. The third kappa shape index (κ3) is 3.65.